The van der Waals surface area contributed by atoms with Crippen molar-refractivity contribution in [3.05, 3.63) is 205 Å². The topological polar surface area (TPSA) is 49.9 Å². The Kier molecular flexibility index (Phi) is 7.51. The van der Waals surface area contributed by atoms with Crippen LogP contribution < -0.4 is 5.32 Å². The predicted octanol–water partition coefficient (Wildman–Crippen LogP) is 12.2. The highest BCUT2D eigenvalue weighted by molar-refractivity contribution is 6.15. The molecule has 0 amide bonds. The lowest BCUT2D eigenvalue weighted by Gasteiger charge is -2.26. The number of amidine groups is 2. The lowest BCUT2D eigenvalue weighted by molar-refractivity contribution is 0.669. The second kappa shape index (κ2) is 12.9. The van der Waals surface area contributed by atoms with Gasteiger partial charge >= 0.3 is 0 Å². The summed E-state index contributed by atoms with van der Waals surface area (Å²) in [7, 11) is 0. The first-order valence-electron chi connectivity index (χ1n) is 17.9. The number of hydrogen-bond acceptors (Lipinski definition) is 4. The molecule has 0 radical (unpaired) electrons. The number of rotatable bonds is 6. The maximum Gasteiger partial charge on any atom is 0.159 e. The van der Waals surface area contributed by atoms with Gasteiger partial charge in [0.2, 0.25) is 0 Å². The summed E-state index contributed by atoms with van der Waals surface area (Å²) in [4.78, 5) is 10.6. The van der Waals surface area contributed by atoms with E-state index in [0.29, 0.717) is 5.84 Å². The molecule has 0 aliphatic carbocycles. The highest BCUT2D eigenvalue weighted by Gasteiger charge is 2.25. The van der Waals surface area contributed by atoms with Crippen molar-refractivity contribution < 1.29 is 4.42 Å². The molecule has 0 saturated heterocycles. The van der Waals surface area contributed by atoms with Crippen molar-refractivity contribution in [1.82, 2.24) is 5.32 Å². The molecule has 0 bridgehead atoms. The lowest BCUT2D eigenvalue weighted by Crippen LogP contribution is -2.33. The number of furan rings is 1. The van der Waals surface area contributed by atoms with Crippen molar-refractivity contribution in [3.8, 4) is 33.4 Å². The quantitative estimate of drug-likeness (QED) is 0.190. The van der Waals surface area contributed by atoms with Crippen LogP contribution in [0.25, 0.3) is 66.1 Å². The van der Waals surface area contributed by atoms with Crippen LogP contribution in [0.4, 0.5) is 0 Å². The minimum Gasteiger partial charge on any atom is -0.456 e. The van der Waals surface area contributed by atoms with Gasteiger partial charge in [0.05, 0.1) is 0 Å². The van der Waals surface area contributed by atoms with E-state index in [1.165, 1.54) is 10.9 Å². The highest BCUT2D eigenvalue weighted by Crippen LogP contribution is 2.41. The summed E-state index contributed by atoms with van der Waals surface area (Å²) in [6.45, 7) is 0. The number of nitrogens with zero attached hydrogens (tertiary/aromatic N) is 2. The van der Waals surface area contributed by atoms with Crippen LogP contribution in [0.2, 0.25) is 0 Å². The average molecular weight is 680 g/mol. The third kappa shape index (κ3) is 5.67. The van der Waals surface area contributed by atoms with Crippen molar-refractivity contribution >= 4 is 44.4 Å². The molecule has 1 aromatic heterocycles. The lowest BCUT2D eigenvalue weighted by atomic mass is 9.93. The fraction of sp³-hybridized carbons (Fsp3) is 0.0204. The highest BCUT2D eigenvalue weighted by atomic mass is 16.3. The molecular weight excluding hydrogens is 647 g/mol. The third-order valence-corrected chi connectivity index (χ3v) is 10.1. The Morgan fingerprint density at radius 1 is 0.434 bits per heavy atom. The van der Waals surface area contributed by atoms with E-state index in [0.717, 1.165) is 77.7 Å². The summed E-state index contributed by atoms with van der Waals surface area (Å²) in [5, 5.41) is 8.27. The van der Waals surface area contributed by atoms with Crippen LogP contribution in [0.15, 0.2) is 202 Å². The van der Waals surface area contributed by atoms with Crippen molar-refractivity contribution in [2.45, 2.75) is 6.17 Å². The third-order valence-electron chi connectivity index (χ3n) is 10.1. The monoisotopic (exact) mass is 679 g/mol. The SMILES string of the molecule is c1ccc(-c2cccc(C3=NC(c4ccc5ccccc5c4)=NC(c4ccccc4-c4cccc5oc6ccc(-c7ccccc7)cc6c45)N3)c2)cc1. The van der Waals surface area contributed by atoms with Crippen LogP contribution in [0.3, 0.4) is 0 Å². The number of hydrogen-bond donors (Lipinski definition) is 1. The van der Waals surface area contributed by atoms with E-state index < -0.39 is 6.17 Å². The summed E-state index contributed by atoms with van der Waals surface area (Å²) < 4.78 is 6.46. The van der Waals surface area contributed by atoms with E-state index in [1.807, 2.05) is 12.1 Å². The van der Waals surface area contributed by atoms with E-state index >= 15 is 0 Å². The molecular formula is C49H33N3O. The molecule has 1 aliphatic rings. The first-order valence-corrected chi connectivity index (χ1v) is 17.9. The molecule has 0 saturated carbocycles. The maximum absolute atomic E-state index is 6.46. The Balaban J connectivity index is 1.13. The van der Waals surface area contributed by atoms with Gasteiger partial charge in [-0.25, -0.2) is 9.98 Å². The fourth-order valence-corrected chi connectivity index (χ4v) is 7.53. The van der Waals surface area contributed by atoms with E-state index in [2.05, 4.69) is 181 Å². The van der Waals surface area contributed by atoms with Gasteiger partial charge in [0, 0.05) is 27.5 Å². The van der Waals surface area contributed by atoms with Crippen molar-refractivity contribution in [1.29, 1.82) is 0 Å². The summed E-state index contributed by atoms with van der Waals surface area (Å²) in [5.41, 5.74) is 11.6. The second-order valence-electron chi connectivity index (χ2n) is 13.4. The Morgan fingerprint density at radius 3 is 1.91 bits per heavy atom. The fourth-order valence-electron chi connectivity index (χ4n) is 7.53. The second-order valence-corrected chi connectivity index (χ2v) is 13.4. The molecule has 1 atom stereocenters. The summed E-state index contributed by atoms with van der Waals surface area (Å²) in [6, 6.07) is 65.8. The normalized spacial score (nSPS) is 14.2. The zero-order valence-corrected chi connectivity index (χ0v) is 28.8. The van der Waals surface area contributed by atoms with Crippen molar-refractivity contribution in [2.24, 2.45) is 9.98 Å². The van der Waals surface area contributed by atoms with Crippen LogP contribution in [-0.2, 0) is 0 Å². The van der Waals surface area contributed by atoms with E-state index in [1.54, 1.807) is 0 Å². The van der Waals surface area contributed by atoms with Crippen LogP contribution >= 0.6 is 0 Å². The Labute approximate surface area is 307 Å². The molecule has 4 nitrogen and oxygen atoms in total. The maximum atomic E-state index is 6.46. The van der Waals surface area contributed by atoms with Crippen LogP contribution in [-0.4, -0.2) is 11.7 Å². The summed E-state index contributed by atoms with van der Waals surface area (Å²) in [6.07, 6.45) is -0.408. The molecule has 8 aromatic carbocycles. The zero-order valence-electron chi connectivity index (χ0n) is 28.8. The number of fused-ring (bicyclic) bond motifs is 4. The van der Waals surface area contributed by atoms with E-state index in [9.17, 15) is 0 Å². The summed E-state index contributed by atoms with van der Waals surface area (Å²) >= 11 is 0. The van der Waals surface area contributed by atoms with Gasteiger partial charge in [-0.15, -0.1) is 0 Å². The molecule has 1 N–H and O–H groups in total. The Hall–Kier alpha value is -7.04. The van der Waals surface area contributed by atoms with Crippen LogP contribution in [0.1, 0.15) is 22.9 Å². The molecule has 1 aliphatic heterocycles. The molecule has 1 unspecified atom stereocenters. The molecule has 0 spiro atoms. The van der Waals surface area contributed by atoms with Gasteiger partial charge in [-0.05, 0) is 74.5 Å². The van der Waals surface area contributed by atoms with E-state index in [-0.39, 0.29) is 0 Å². The zero-order chi connectivity index (χ0) is 35.1. The average Bonchev–Trinajstić information content (AvgIpc) is 3.62. The van der Waals surface area contributed by atoms with Crippen molar-refractivity contribution in [3.63, 3.8) is 0 Å². The molecule has 9 aromatic rings. The first kappa shape index (κ1) is 30.8. The van der Waals surface area contributed by atoms with Crippen molar-refractivity contribution in [2.75, 3.05) is 0 Å². The van der Waals surface area contributed by atoms with Gasteiger partial charge < -0.3 is 9.73 Å². The number of benzene rings is 8. The van der Waals surface area contributed by atoms with Gasteiger partial charge in [0.25, 0.3) is 0 Å². The van der Waals surface area contributed by atoms with E-state index in [4.69, 9.17) is 14.4 Å². The van der Waals surface area contributed by atoms with Gasteiger partial charge in [0.1, 0.15) is 23.2 Å². The molecule has 250 valence electrons. The standard InChI is InChI=1S/C49H33N3O/c1-3-13-32(14-4-1)36-19-11-20-38(29-36)47-50-48(39-26-25-34-17-7-8-18-35(34)30-39)52-49(51-47)42-22-10-9-21-40(42)41-23-12-24-45-46(41)43-31-37(27-28-44(43)53-45)33-15-5-2-6-16-33/h1-31,49H,(H,50,51,52). The van der Waals surface area contributed by atoms with Gasteiger partial charge in [-0.1, -0.05) is 158 Å². The molecule has 4 heteroatoms. The summed E-state index contributed by atoms with van der Waals surface area (Å²) in [5.74, 6) is 1.47. The number of aliphatic imine (C=N–C) groups is 2. The molecule has 10 rings (SSSR count). The Morgan fingerprint density at radius 2 is 1.08 bits per heavy atom. The largest absolute Gasteiger partial charge is 0.456 e. The predicted molar refractivity (Wildman–Crippen MR) is 219 cm³/mol. The smallest absolute Gasteiger partial charge is 0.159 e. The molecule has 2 heterocycles. The van der Waals surface area contributed by atoms with Gasteiger partial charge in [-0.2, -0.15) is 0 Å². The van der Waals surface area contributed by atoms with Crippen LogP contribution in [0.5, 0.6) is 0 Å². The minimum atomic E-state index is -0.408. The molecule has 53 heavy (non-hydrogen) atoms. The van der Waals surface area contributed by atoms with Crippen LogP contribution in [0, 0.1) is 0 Å². The number of nitrogens with one attached hydrogen (secondary N) is 1. The van der Waals surface area contributed by atoms with Gasteiger partial charge in [-0.3, -0.25) is 0 Å². The molecule has 0 fully saturated rings. The first-order chi connectivity index (χ1) is 26.2. The Bertz CT molecular complexity index is 2870. The van der Waals surface area contributed by atoms with Gasteiger partial charge in [0.15, 0.2) is 5.84 Å². The minimum absolute atomic E-state index is 0.408.